The molecule has 3 aromatic carbocycles. The third-order valence-electron chi connectivity index (χ3n) is 8.61. The van der Waals surface area contributed by atoms with Gasteiger partial charge < -0.3 is 10.2 Å². The zero-order valence-electron chi connectivity index (χ0n) is 26.3. The Labute approximate surface area is 278 Å². The van der Waals surface area contributed by atoms with E-state index in [0.29, 0.717) is 27.7 Å². The highest BCUT2D eigenvalue weighted by Crippen LogP contribution is 2.29. The number of hydrogen-bond acceptors (Lipinski definition) is 4. The van der Waals surface area contributed by atoms with Crippen LogP contribution in [-0.4, -0.2) is 50.0 Å². The first-order valence-electron chi connectivity index (χ1n) is 15.6. The zero-order chi connectivity index (χ0) is 32.6. The molecular formula is C35H43Cl2N3O4S. The Hall–Kier alpha value is -3.07. The van der Waals surface area contributed by atoms with Crippen molar-refractivity contribution in [2.45, 2.75) is 83.8 Å². The molecule has 10 heteroatoms. The quantitative estimate of drug-likeness (QED) is 0.207. The van der Waals surface area contributed by atoms with Gasteiger partial charge in [0.15, 0.2) is 0 Å². The van der Waals surface area contributed by atoms with Gasteiger partial charge in [0.25, 0.3) is 0 Å². The summed E-state index contributed by atoms with van der Waals surface area (Å²) in [5.74, 6) is -0.490. The summed E-state index contributed by atoms with van der Waals surface area (Å²) in [6.07, 6.45) is 6.87. The van der Waals surface area contributed by atoms with Crippen LogP contribution < -0.4 is 9.62 Å². The van der Waals surface area contributed by atoms with Gasteiger partial charge in [-0.3, -0.25) is 13.9 Å². The third kappa shape index (κ3) is 9.47. The molecule has 2 amide bonds. The molecule has 7 nitrogen and oxygen atoms in total. The molecule has 1 unspecified atom stereocenters. The van der Waals surface area contributed by atoms with E-state index in [2.05, 4.69) is 5.32 Å². The van der Waals surface area contributed by atoms with Gasteiger partial charge in [-0.1, -0.05) is 91.0 Å². The molecule has 1 fully saturated rings. The van der Waals surface area contributed by atoms with Crippen molar-refractivity contribution in [3.8, 4) is 0 Å². The number of sulfonamides is 1. The number of amides is 2. The van der Waals surface area contributed by atoms with Crippen molar-refractivity contribution in [3.63, 3.8) is 0 Å². The first-order chi connectivity index (χ1) is 21.5. The summed E-state index contributed by atoms with van der Waals surface area (Å²) < 4.78 is 27.1. The first kappa shape index (κ1) is 34.8. The van der Waals surface area contributed by atoms with Crippen LogP contribution in [0.2, 0.25) is 10.0 Å². The van der Waals surface area contributed by atoms with E-state index >= 15 is 0 Å². The summed E-state index contributed by atoms with van der Waals surface area (Å²) in [5, 5.41) is 4.04. The number of nitrogens with one attached hydrogen (secondary N) is 1. The van der Waals surface area contributed by atoms with Crippen LogP contribution in [0.15, 0.2) is 66.7 Å². The molecule has 3 aromatic rings. The van der Waals surface area contributed by atoms with Crippen LogP contribution in [0.3, 0.4) is 0 Å². The van der Waals surface area contributed by atoms with Crippen molar-refractivity contribution in [3.05, 3.63) is 99.0 Å². The van der Waals surface area contributed by atoms with Crippen molar-refractivity contribution >= 4 is 50.7 Å². The smallest absolute Gasteiger partial charge is 0.243 e. The molecule has 0 aromatic heterocycles. The topological polar surface area (TPSA) is 86.8 Å². The summed E-state index contributed by atoms with van der Waals surface area (Å²) in [6, 6.07) is 19.6. The lowest BCUT2D eigenvalue weighted by molar-refractivity contribution is -0.141. The molecule has 0 bridgehead atoms. The van der Waals surface area contributed by atoms with Gasteiger partial charge >= 0.3 is 0 Å². The van der Waals surface area contributed by atoms with E-state index in [1.807, 2.05) is 56.3 Å². The van der Waals surface area contributed by atoms with Crippen molar-refractivity contribution < 1.29 is 18.0 Å². The second kappa shape index (κ2) is 16.0. The minimum absolute atomic E-state index is 0.0287. The average molecular weight is 673 g/mol. The van der Waals surface area contributed by atoms with Gasteiger partial charge in [0.05, 0.1) is 11.9 Å². The van der Waals surface area contributed by atoms with Gasteiger partial charge in [-0.2, -0.15) is 0 Å². The Morgan fingerprint density at radius 2 is 1.56 bits per heavy atom. The third-order valence-corrected chi connectivity index (χ3v) is 10.5. The number of hydrogen-bond donors (Lipinski definition) is 1. The van der Waals surface area contributed by atoms with E-state index in [1.165, 1.54) is 10.6 Å². The lowest BCUT2D eigenvalue weighted by Crippen LogP contribution is -2.53. The van der Waals surface area contributed by atoms with Crippen LogP contribution >= 0.6 is 23.2 Å². The molecule has 0 saturated heterocycles. The number of nitrogens with zero attached hydrogens (tertiary/aromatic N) is 2. The summed E-state index contributed by atoms with van der Waals surface area (Å²) in [7, 11) is -3.61. The Kier molecular flexibility index (Phi) is 12.3. The summed E-state index contributed by atoms with van der Waals surface area (Å²) in [4.78, 5) is 29.8. The lowest BCUT2D eigenvalue weighted by atomic mass is 9.94. The van der Waals surface area contributed by atoms with Gasteiger partial charge in [-0.15, -0.1) is 0 Å². The van der Waals surface area contributed by atoms with Crippen LogP contribution in [0, 0.1) is 13.8 Å². The van der Waals surface area contributed by atoms with Crippen LogP contribution in [0.1, 0.15) is 67.2 Å². The first-order valence-corrected chi connectivity index (χ1v) is 18.2. The van der Waals surface area contributed by atoms with Crippen molar-refractivity contribution in [2.24, 2.45) is 0 Å². The van der Waals surface area contributed by atoms with E-state index in [0.717, 1.165) is 48.8 Å². The molecule has 0 heterocycles. The number of carbonyl (C=O) groups excluding carboxylic acids is 2. The van der Waals surface area contributed by atoms with Gasteiger partial charge in [0.1, 0.15) is 6.04 Å². The predicted molar refractivity (Wildman–Crippen MR) is 183 cm³/mol. The molecule has 1 N–H and O–H groups in total. The Morgan fingerprint density at radius 1 is 0.911 bits per heavy atom. The molecule has 1 aliphatic carbocycles. The fraction of sp³-hybridized carbons (Fsp3) is 0.429. The number of aryl methyl sites for hydroxylation is 1. The Bertz CT molecular complexity index is 1560. The molecule has 1 saturated carbocycles. The van der Waals surface area contributed by atoms with Gasteiger partial charge in [0.2, 0.25) is 21.8 Å². The second-order valence-corrected chi connectivity index (χ2v) is 14.6. The maximum Gasteiger partial charge on any atom is 0.243 e. The number of rotatable bonds is 13. The maximum absolute atomic E-state index is 14.2. The molecule has 45 heavy (non-hydrogen) atoms. The molecule has 1 atom stereocenters. The summed E-state index contributed by atoms with van der Waals surface area (Å²) >= 11 is 13.1. The monoisotopic (exact) mass is 671 g/mol. The number of carbonyl (C=O) groups is 2. The van der Waals surface area contributed by atoms with Gasteiger partial charge in [0, 0.05) is 47.6 Å². The highest BCUT2D eigenvalue weighted by Gasteiger charge is 2.33. The second-order valence-electron chi connectivity index (χ2n) is 11.9. The normalized spacial score (nSPS) is 14.5. The number of halogens is 2. The van der Waals surface area contributed by atoms with Crippen molar-refractivity contribution in [1.29, 1.82) is 0 Å². The fourth-order valence-corrected chi connectivity index (χ4v) is 7.47. The highest BCUT2D eigenvalue weighted by molar-refractivity contribution is 7.92. The van der Waals surface area contributed by atoms with Crippen molar-refractivity contribution in [2.75, 3.05) is 17.1 Å². The molecule has 0 spiro atoms. The standard InChI is InChI=1S/C35H43Cl2N3O4S/c1-25-13-10-20-32(26(25)2)40(45(3,43)44)22-12-21-34(41)39(24-29-30(36)18-11-19-31(29)37)33(23-27-14-6-4-7-15-27)35(42)38-28-16-8-5-9-17-28/h4,6-7,10-11,13-15,18-20,28,33H,5,8-9,12,16-17,21-24H2,1-3H3,(H,38,42). The Balaban J connectivity index is 1.64. The van der Waals surface area contributed by atoms with E-state index < -0.39 is 16.1 Å². The van der Waals surface area contributed by atoms with Crippen LogP contribution in [0.4, 0.5) is 5.69 Å². The van der Waals surface area contributed by atoms with E-state index in [4.69, 9.17) is 23.2 Å². The summed E-state index contributed by atoms with van der Waals surface area (Å²) in [6.45, 7) is 3.99. The summed E-state index contributed by atoms with van der Waals surface area (Å²) in [5.41, 5.74) is 3.92. The zero-order valence-corrected chi connectivity index (χ0v) is 28.6. The molecule has 1 aliphatic rings. The van der Waals surface area contributed by atoms with Gasteiger partial charge in [-0.25, -0.2) is 8.42 Å². The number of anilines is 1. The van der Waals surface area contributed by atoms with Crippen LogP contribution in [0.25, 0.3) is 0 Å². The van der Waals surface area contributed by atoms with E-state index in [1.54, 1.807) is 29.2 Å². The molecule has 242 valence electrons. The van der Waals surface area contributed by atoms with Gasteiger partial charge in [-0.05, 0) is 68.0 Å². The maximum atomic E-state index is 14.2. The molecular weight excluding hydrogens is 629 g/mol. The minimum atomic E-state index is -3.61. The van der Waals surface area contributed by atoms with Crippen molar-refractivity contribution in [1.82, 2.24) is 10.2 Å². The number of benzene rings is 3. The predicted octanol–water partition coefficient (Wildman–Crippen LogP) is 7.25. The molecule has 4 rings (SSSR count). The van der Waals surface area contributed by atoms with E-state index in [9.17, 15) is 18.0 Å². The highest BCUT2D eigenvalue weighted by atomic mass is 35.5. The van der Waals surface area contributed by atoms with E-state index in [-0.39, 0.29) is 43.8 Å². The van der Waals surface area contributed by atoms with Crippen LogP contribution in [0.5, 0.6) is 0 Å². The van der Waals surface area contributed by atoms with Crippen LogP contribution in [-0.2, 0) is 32.6 Å². The molecule has 0 aliphatic heterocycles. The minimum Gasteiger partial charge on any atom is -0.352 e. The Morgan fingerprint density at radius 3 is 2.20 bits per heavy atom. The fourth-order valence-electron chi connectivity index (χ4n) is 5.94. The largest absolute Gasteiger partial charge is 0.352 e. The molecule has 0 radical (unpaired) electrons. The SMILES string of the molecule is Cc1cccc(N(CCCC(=O)N(Cc2c(Cl)cccc2Cl)C(Cc2ccccc2)C(=O)NC2CCCCC2)S(C)(=O)=O)c1C. The average Bonchev–Trinajstić information content (AvgIpc) is 3.00. The lowest BCUT2D eigenvalue weighted by Gasteiger charge is -2.34.